The van der Waals surface area contributed by atoms with Gasteiger partial charge in [-0.1, -0.05) is 80.9 Å². The van der Waals surface area contributed by atoms with Crippen LogP contribution in [0, 0.1) is 22.0 Å². The van der Waals surface area contributed by atoms with Crippen LogP contribution in [-0.4, -0.2) is 46.6 Å². The van der Waals surface area contributed by atoms with E-state index in [9.17, 15) is 19.7 Å². The summed E-state index contributed by atoms with van der Waals surface area (Å²) in [5.41, 5.74) is 1.68. The predicted molar refractivity (Wildman–Crippen MR) is 135 cm³/mol. The quantitative estimate of drug-likeness (QED) is 0.219. The molecular weight excluding hydrogens is 462 g/mol. The van der Waals surface area contributed by atoms with E-state index in [4.69, 9.17) is 9.84 Å². The summed E-state index contributed by atoms with van der Waals surface area (Å²) >= 11 is 0. The van der Waals surface area contributed by atoms with Gasteiger partial charge >= 0.3 is 5.97 Å². The molecule has 5 unspecified atom stereocenters. The van der Waals surface area contributed by atoms with Gasteiger partial charge < -0.3 is 15.2 Å². The van der Waals surface area contributed by atoms with Crippen molar-refractivity contribution in [3.05, 3.63) is 81.9 Å². The molecule has 1 saturated heterocycles. The van der Waals surface area contributed by atoms with E-state index in [1.807, 2.05) is 74.5 Å². The van der Waals surface area contributed by atoms with Gasteiger partial charge in [-0.05, 0) is 23.5 Å². The molecule has 0 aromatic heterocycles. The van der Waals surface area contributed by atoms with Crippen molar-refractivity contribution < 1.29 is 24.4 Å². The molecule has 9 heteroatoms. The van der Waals surface area contributed by atoms with Gasteiger partial charge in [-0.3, -0.25) is 25.0 Å². The Morgan fingerprint density at radius 1 is 1.14 bits per heavy atom. The highest BCUT2D eigenvalue weighted by molar-refractivity contribution is 5.83. The van der Waals surface area contributed by atoms with Crippen LogP contribution >= 0.6 is 0 Å². The first-order valence-electron chi connectivity index (χ1n) is 12.4. The lowest BCUT2D eigenvalue weighted by molar-refractivity contribution is -0.535. The lowest BCUT2D eigenvalue weighted by atomic mass is 9.80. The molecule has 0 bridgehead atoms. The number of carboxylic acid groups (broad SMARTS) is 1. The van der Waals surface area contributed by atoms with Gasteiger partial charge in [0, 0.05) is 17.9 Å². The van der Waals surface area contributed by atoms with E-state index in [1.165, 1.54) is 0 Å². The molecule has 3 N–H and O–H groups in total. The number of ether oxygens (including phenoxy) is 1. The summed E-state index contributed by atoms with van der Waals surface area (Å²) in [6.45, 7) is 4.45. The Labute approximate surface area is 211 Å². The Kier molecular flexibility index (Phi) is 9.95. The number of benzene rings is 2. The molecular formula is C27H35N3O6. The van der Waals surface area contributed by atoms with E-state index in [0.717, 1.165) is 17.5 Å². The van der Waals surface area contributed by atoms with Crippen molar-refractivity contribution in [3.63, 3.8) is 0 Å². The third-order valence-electron chi connectivity index (χ3n) is 6.90. The van der Waals surface area contributed by atoms with Crippen LogP contribution in [0.25, 0.3) is 0 Å². The number of carboxylic acids is 1. The van der Waals surface area contributed by atoms with Crippen LogP contribution in [-0.2, 0) is 20.9 Å². The average Bonchev–Trinajstić information content (AvgIpc) is 3.28. The lowest BCUT2D eigenvalue weighted by Gasteiger charge is -2.32. The van der Waals surface area contributed by atoms with Crippen LogP contribution in [0.15, 0.2) is 60.7 Å². The molecule has 1 aliphatic rings. The third kappa shape index (κ3) is 6.89. The number of nitrogens with one attached hydrogen (secondary N) is 2. The fraction of sp³-hybridized carbons (Fsp3) is 0.481. The SMILES string of the molecule is CC[C@H](C)C(OCc1ccccc1)C1C(C(=O)NCCCC(=O)O)NC(c2ccccc2)C1[N+](=O)[O-]. The van der Waals surface area contributed by atoms with Crippen LogP contribution in [0.1, 0.15) is 50.3 Å². The number of nitrogens with zero attached hydrogens (tertiary/aromatic N) is 1. The van der Waals surface area contributed by atoms with Crippen molar-refractivity contribution in [3.8, 4) is 0 Å². The highest BCUT2D eigenvalue weighted by Gasteiger charge is 2.57. The monoisotopic (exact) mass is 497 g/mol. The van der Waals surface area contributed by atoms with Crippen molar-refractivity contribution in [1.82, 2.24) is 10.6 Å². The number of aliphatic carboxylic acids is 1. The molecule has 2 aromatic carbocycles. The number of carbonyl (C=O) groups excluding carboxylic acids is 1. The summed E-state index contributed by atoms with van der Waals surface area (Å²) in [7, 11) is 0. The molecule has 2 aromatic rings. The molecule has 1 aliphatic heterocycles. The number of amides is 1. The van der Waals surface area contributed by atoms with Gasteiger partial charge in [0.25, 0.3) is 0 Å². The van der Waals surface area contributed by atoms with E-state index in [2.05, 4.69) is 10.6 Å². The van der Waals surface area contributed by atoms with Crippen molar-refractivity contribution in [2.75, 3.05) is 6.54 Å². The number of nitro groups is 1. The number of rotatable bonds is 13. The third-order valence-corrected chi connectivity index (χ3v) is 6.90. The summed E-state index contributed by atoms with van der Waals surface area (Å²) in [6, 6.07) is 16.1. The van der Waals surface area contributed by atoms with Crippen LogP contribution in [0.3, 0.4) is 0 Å². The average molecular weight is 498 g/mol. The zero-order valence-corrected chi connectivity index (χ0v) is 20.7. The maximum Gasteiger partial charge on any atom is 0.303 e. The Hall–Kier alpha value is -3.30. The van der Waals surface area contributed by atoms with Crippen molar-refractivity contribution >= 4 is 11.9 Å². The van der Waals surface area contributed by atoms with E-state index >= 15 is 0 Å². The van der Waals surface area contributed by atoms with Gasteiger partial charge in [0.05, 0.1) is 24.7 Å². The summed E-state index contributed by atoms with van der Waals surface area (Å²) in [6.07, 6.45) is 0.380. The Balaban J connectivity index is 1.93. The first-order chi connectivity index (χ1) is 17.3. The summed E-state index contributed by atoms with van der Waals surface area (Å²) < 4.78 is 6.36. The maximum atomic E-state index is 13.3. The molecule has 0 spiro atoms. The second kappa shape index (κ2) is 13.1. The van der Waals surface area contributed by atoms with Gasteiger partial charge in [0.15, 0.2) is 0 Å². The highest BCUT2D eigenvalue weighted by atomic mass is 16.6. The lowest BCUT2D eigenvalue weighted by Crippen LogP contribution is -2.51. The molecule has 3 rings (SSSR count). The number of hydrogen-bond donors (Lipinski definition) is 3. The number of carbonyl (C=O) groups is 2. The Morgan fingerprint density at radius 2 is 1.78 bits per heavy atom. The maximum absolute atomic E-state index is 13.3. The standard InChI is InChI=1S/C27H35N3O6/c1-3-18(2)26(36-17-19-11-6-4-7-12-19)22-24(27(33)28-16-10-15-21(31)32)29-23(25(22)30(34)35)20-13-8-5-9-14-20/h4-9,11-14,18,22-26,29H,3,10,15-17H2,1-2H3,(H,28,33)(H,31,32)/t18-,22?,23?,24?,25?,26?/m0/s1. The van der Waals surface area contributed by atoms with E-state index < -0.39 is 36.1 Å². The summed E-state index contributed by atoms with van der Waals surface area (Å²) in [5, 5.41) is 27.4. The second-order valence-corrected chi connectivity index (χ2v) is 9.32. The van der Waals surface area contributed by atoms with Gasteiger partial charge in [-0.15, -0.1) is 0 Å². The molecule has 36 heavy (non-hydrogen) atoms. The van der Waals surface area contributed by atoms with Gasteiger partial charge in [-0.25, -0.2) is 0 Å². The molecule has 9 nitrogen and oxygen atoms in total. The normalized spacial score (nSPS) is 23.1. The zero-order chi connectivity index (χ0) is 26.1. The highest BCUT2D eigenvalue weighted by Crippen LogP contribution is 2.39. The largest absolute Gasteiger partial charge is 0.481 e. The fourth-order valence-electron chi connectivity index (χ4n) is 4.89. The first-order valence-corrected chi connectivity index (χ1v) is 12.4. The molecule has 0 radical (unpaired) electrons. The molecule has 0 aliphatic carbocycles. The summed E-state index contributed by atoms with van der Waals surface area (Å²) in [4.78, 5) is 36.4. The second-order valence-electron chi connectivity index (χ2n) is 9.32. The minimum Gasteiger partial charge on any atom is -0.481 e. The van der Waals surface area contributed by atoms with Gasteiger partial charge in [-0.2, -0.15) is 0 Å². The molecule has 194 valence electrons. The van der Waals surface area contributed by atoms with E-state index in [1.54, 1.807) is 0 Å². The van der Waals surface area contributed by atoms with E-state index in [-0.39, 0.29) is 42.7 Å². The minimum absolute atomic E-state index is 0.0419. The van der Waals surface area contributed by atoms with Crippen LogP contribution in [0.4, 0.5) is 0 Å². The fourth-order valence-corrected chi connectivity index (χ4v) is 4.89. The van der Waals surface area contributed by atoms with Crippen molar-refractivity contribution in [1.29, 1.82) is 0 Å². The summed E-state index contributed by atoms with van der Waals surface area (Å²) in [5.74, 6) is -2.10. The number of hydrogen-bond acceptors (Lipinski definition) is 6. The van der Waals surface area contributed by atoms with Crippen LogP contribution in [0.2, 0.25) is 0 Å². The van der Waals surface area contributed by atoms with E-state index in [0.29, 0.717) is 0 Å². The Morgan fingerprint density at radius 3 is 2.36 bits per heavy atom. The molecule has 1 fully saturated rings. The zero-order valence-electron chi connectivity index (χ0n) is 20.7. The Bertz CT molecular complexity index is 1000. The molecule has 0 saturated carbocycles. The van der Waals surface area contributed by atoms with Crippen LogP contribution in [0.5, 0.6) is 0 Å². The van der Waals surface area contributed by atoms with Crippen molar-refractivity contribution in [2.24, 2.45) is 11.8 Å². The van der Waals surface area contributed by atoms with Gasteiger partial charge in [0.2, 0.25) is 11.9 Å². The molecule has 1 amide bonds. The van der Waals surface area contributed by atoms with Gasteiger partial charge in [0.1, 0.15) is 6.04 Å². The minimum atomic E-state index is -1.09. The van der Waals surface area contributed by atoms with Crippen LogP contribution < -0.4 is 10.6 Å². The topological polar surface area (TPSA) is 131 Å². The predicted octanol–water partition coefficient (Wildman–Crippen LogP) is 3.57. The first kappa shape index (κ1) is 27.3. The molecule has 6 atom stereocenters. The van der Waals surface area contributed by atoms with Crippen molar-refractivity contribution in [2.45, 2.75) is 63.9 Å². The smallest absolute Gasteiger partial charge is 0.303 e. The molecule has 1 heterocycles.